The number of anilines is 2. The molecule has 0 bridgehead atoms. The Kier molecular flexibility index (Phi) is 3.73. The molecule has 0 radical (unpaired) electrons. The smallest absolute Gasteiger partial charge is 0.409 e. The second-order valence-corrected chi connectivity index (χ2v) is 4.70. The fourth-order valence-corrected chi connectivity index (χ4v) is 1.58. The molecular formula is C12H16N2O3. The second-order valence-electron chi connectivity index (χ2n) is 4.70. The van der Waals surface area contributed by atoms with Gasteiger partial charge in [0.2, 0.25) is 6.41 Å². The molecule has 5 heteroatoms. The van der Waals surface area contributed by atoms with E-state index in [0.717, 1.165) is 5.56 Å². The van der Waals surface area contributed by atoms with Gasteiger partial charge in [-0.25, -0.2) is 4.79 Å². The van der Waals surface area contributed by atoms with Gasteiger partial charge in [0.05, 0.1) is 0 Å². The van der Waals surface area contributed by atoms with E-state index in [1.54, 1.807) is 18.2 Å². The highest BCUT2D eigenvalue weighted by Gasteiger charge is 2.18. The Morgan fingerprint density at radius 3 is 2.47 bits per heavy atom. The number of benzene rings is 1. The van der Waals surface area contributed by atoms with E-state index < -0.39 is 6.09 Å². The van der Waals surface area contributed by atoms with Crippen LogP contribution in [0.15, 0.2) is 18.2 Å². The largest absolute Gasteiger partial charge is 0.465 e. The first-order valence-electron chi connectivity index (χ1n) is 5.19. The zero-order valence-corrected chi connectivity index (χ0v) is 10.1. The van der Waals surface area contributed by atoms with Gasteiger partial charge in [-0.2, -0.15) is 0 Å². The van der Waals surface area contributed by atoms with Gasteiger partial charge in [-0.15, -0.1) is 0 Å². The average molecular weight is 236 g/mol. The predicted molar refractivity (Wildman–Crippen MR) is 66.5 cm³/mol. The van der Waals surface area contributed by atoms with Crippen molar-refractivity contribution in [3.63, 3.8) is 0 Å². The Morgan fingerprint density at radius 2 is 2.00 bits per heavy atom. The Hall–Kier alpha value is -2.04. The first-order valence-corrected chi connectivity index (χ1v) is 5.19. The molecule has 0 aliphatic heterocycles. The van der Waals surface area contributed by atoms with E-state index in [-0.39, 0.29) is 5.41 Å². The van der Waals surface area contributed by atoms with E-state index in [4.69, 9.17) is 5.11 Å². The van der Waals surface area contributed by atoms with Crippen LogP contribution in [0.3, 0.4) is 0 Å². The zero-order valence-electron chi connectivity index (χ0n) is 10.1. The van der Waals surface area contributed by atoms with Crippen LogP contribution in [-0.2, 0) is 10.2 Å². The van der Waals surface area contributed by atoms with Gasteiger partial charge in [-0.3, -0.25) is 10.1 Å². The summed E-state index contributed by atoms with van der Waals surface area (Å²) in [7, 11) is 0. The zero-order chi connectivity index (χ0) is 13.1. The van der Waals surface area contributed by atoms with Crippen LogP contribution in [-0.4, -0.2) is 17.6 Å². The van der Waals surface area contributed by atoms with E-state index in [1.165, 1.54) is 0 Å². The molecule has 0 atom stereocenters. The third-order valence-corrected chi connectivity index (χ3v) is 2.29. The lowest BCUT2D eigenvalue weighted by molar-refractivity contribution is -0.105. The van der Waals surface area contributed by atoms with Crippen LogP contribution >= 0.6 is 0 Å². The van der Waals surface area contributed by atoms with Gasteiger partial charge in [-0.1, -0.05) is 26.8 Å². The summed E-state index contributed by atoms with van der Waals surface area (Å²) in [5, 5.41) is 13.4. The van der Waals surface area contributed by atoms with Gasteiger partial charge < -0.3 is 10.4 Å². The van der Waals surface area contributed by atoms with Crippen LogP contribution < -0.4 is 10.6 Å². The summed E-state index contributed by atoms with van der Waals surface area (Å²) >= 11 is 0. The number of carboxylic acid groups (broad SMARTS) is 1. The topological polar surface area (TPSA) is 78.4 Å². The molecule has 3 N–H and O–H groups in total. The molecule has 0 heterocycles. The van der Waals surface area contributed by atoms with Gasteiger partial charge >= 0.3 is 6.09 Å². The van der Waals surface area contributed by atoms with E-state index in [2.05, 4.69) is 10.6 Å². The lowest BCUT2D eigenvalue weighted by atomic mass is 9.85. The Labute approximate surface area is 99.8 Å². The second kappa shape index (κ2) is 4.86. The number of amides is 2. The molecule has 0 saturated carbocycles. The number of rotatable bonds is 3. The van der Waals surface area contributed by atoms with Gasteiger partial charge in [-0.05, 0) is 23.1 Å². The summed E-state index contributed by atoms with van der Waals surface area (Å²) in [6.45, 7) is 6.05. The molecule has 17 heavy (non-hydrogen) atoms. The highest BCUT2D eigenvalue weighted by Crippen LogP contribution is 2.31. The maximum atomic E-state index is 10.5. The fourth-order valence-electron chi connectivity index (χ4n) is 1.58. The fraction of sp³-hybridized carbons (Fsp3) is 0.333. The molecule has 5 nitrogen and oxygen atoms in total. The number of carbonyl (C=O) groups is 2. The van der Waals surface area contributed by atoms with Crippen LogP contribution in [0.2, 0.25) is 0 Å². The van der Waals surface area contributed by atoms with Crippen LogP contribution in [0.4, 0.5) is 16.2 Å². The van der Waals surface area contributed by atoms with Crippen molar-refractivity contribution in [1.82, 2.24) is 0 Å². The molecule has 0 saturated heterocycles. The van der Waals surface area contributed by atoms with Crippen LogP contribution in [0.1, 0.15) is 26.3 Å². The molecule has 0 aliphatic carbocycles. The molecule has 1 rings (SSSR count). The lowest BCUT2D eigenvalue weighted by Gasteiger charge is -2.22. The third kappa shape index (κ3) is 3.48. The quantitative estimate of drug-likeness (QED) is 0.706. The Balaban J connectivity index is 3.16. The van der Waals surface area contributed by atoms with Gasteiger partial charge in [0.15, 0.2) is 0 Å². The van der Waals surface area contributed by atoms with Crippen molar-refractivity contribution in [2.75, 3.05) is 10.6 Å². The van der Waals surface area contributed by atoms with Crippen molar-refractivity contribution < 1.29 is 14.7 Å². The Morgan fingerprint density at radius 1 is 1.35 bits per heavy atom. The van der Waals surface area contributed by atoms with Crippen molar-refractivity contribution in [3.05, 3.63) is 23.8 Å². The van der Waals surface area contributed by atoms with Gasteiger partial charge in [0, 0.05) is 11.4 Å². The molecule has 0 spiro atoms. The van der Waals surface area contributed by atoms with E-state index in [9.17, 15) is 9.59 Å². The number of hydrogen-bond acceptors (Lipinski definition) is 2. The minimum absolute atomic E-state index is 0.132. The number of nitrogens with one attached hydrogen (secondary N) is 2. The molecule has 1 aromatic carbocycles. The summed E-state index contributed by atoms with van der Waals surface area (Å²) in [6, 6.07) is 5.07. The average Bonchev–Trinajstić information content (AvgIpc) is 2.15. The number of hydrogen-bond donors (Lipinski definition) is 3. The molecular weight excluding hydrogens is 220 g/mol. The summed E-state index contributed by atoms with van der Waals surface area (Å²) in [5.74, 6) is 0. The molecule has 0 unspecified atom stereocenters. The normalized spacial score (nSPS) is 10.8. The minimum atomic E-state index is -1.13. The molecule has 0 aliphatic rings. The SMILES string of the molecule is CC(C)(C)c1ccc(NC(=O)O)cc1NC=O. The molecule has 0 fully saturated rings. The van der Waals surface area contributed by atoms with Crippen molar-refractivity contribution in [2.45, 2.75) is 26.2 Å². The van der Waals surface area contributed by atoms with Crippen molar-refractivity contribution in [1.29, 1.82) is 0 Å². The summed E-state index contributed by atoms with van der Waals surface area (Å²) in [4.78, 5) is 21.1. The van der Waals surface area contributed by atoms with Crippen molar-refractivity contribution in [2.24, 2.45) is 0 Å². The molecule has 0 aromatic heterocycles. The van der Waals surface area contributed by atoms with Gasteiger partial charge in [0.25, 0.3) is 0 Å². The minimum Gasteiger partial charge on any atom is -0.465 e. The highest BCUT2D eigenvalue weighted by molar-refractivity contribution is 5.85. The van der Waals surface area contributed by atoms with E-state index >= 15 is 0 Å². The lowest BCUT2D eigenvalue weighted by Crippen LogP contribution is -2.15. The van der Waals surface area contributed by atoms with Crippen molar-refractivity contribution in [3.8, 4) is 0 Å². The van der Waals surface area contributed by atoms with Crippen LogP contribution in [0.5, 0.6) is 0 Å². The number of carbonyl (C=O) groups excluding carboxylic acids is 1. The third-order valence-electron chi connectivity index (χ3n) is 2.29. The van der Waals surface area contributed by atoms with E-state index in [1.807, 2.05) is 20.8 Å². The first kappa shape index (κ1) is 13.0. The van der Waals surface area contributed by atoms with Crippen molar-refractivity contribution >= 4 is 23.9 Å². The molecule has 92 valence electrons. The molecule has 2 amide bonds. The Bertz CT molecular complexity index is 436. The first-order chi connectivity index (χ1) is 7.84. The highest BCUT2D eigenvalue weighted by atomic mass is 16.4. The summed E-state index contributed by atoms with van der Waals surface area (Å²) in [6.07, 6.45) is -0.555. The van der Waals surface area contributed by atoms with Crippen LogP contribution in [0, 0.1) is 0 Å². The summed E-state index contributed by atoms with van der Waals surface area (Å²) < 4.78 is 0. The van der Waals surface area contributed by atoms with Crippen LogP contribution in [0.25, 0.3) is 0 Å². The standard InChI is InChI=1S/C12H16N2O3/c1-12(2,3)9-5-4-8(14-11(16)17)6-10(9)13-7-15/h4-7,14H,1-3H3,(H,13,15)(H,16,17). The maximum Gasteiger partial charge on any atom is 0.409 e. The monoisotopic (exact) mass is 236 g/mol. The molecule has 1 aromatic rings. The van der Waals surface area contributed by atoms with E-state index in [0.29, 0.717) is 17.8 Å². The predicted octanol–water partition coefficient (Wildman–Crippen LogP) is 2.64. The maximum absolute atomic E-state index is 10.5. The van der Waals surface area contributed by atoms with Gasteiger partial charge in [0.1, 0.15) is 0 Å². The summed E-state index contributed by atoms with van der Waals surface area (Å²) in [5.41, 5.74) is 1.85.